The van der Waals surface area contributed by atoms with E-state index in [9.17, 15) is 37.8 Å². The van der Waals surface area contributed by atoms with Gasteiger partial charge in [0.1, 0.15) is 18.1 Å². The van der Waals surface area contributed by atoms with Gasteiger partial charge in [-0.25, -0.2) is 19.5 Å². The highest BCUT2D eigenvalue weighted by Gasteiger charge is 2.52. The first-order valence-electron chi connectivity index (χ1n) is 10.8. The van der Waals surface area contributed by atoms with E-state index in [1.165, 1.54) is 31.4 Å². The Kier molecular flexibility index (Phi) is 9.14. The first-order valence-corrected chi connectivity index (χ1v) is 13.8. The van der Waals surface area contributed by atoms with Crippen molar-refractivity contribution in [1.29, 1.82) is 5.53 Å². The van der Waals surface area contributed by atoms with Crippen LogP contribution in [0.25, 0.3) is 11.1 Å². The molecule has 39 heavy (non-hydrogen) atoms. The quantitative estimate of drug-likeness (QED) is 0.0710. The lowest BCUT2D eigenvalue weighted by Gasteiger charge is -2.26. The summed E-state index contributed by atoms with van der Waals surface area (Å²) < 4.78 is 51.9. The summed E-state index contributed by atoms with van der Waals surface area (Å²) in [5.74, 6) is -0.664. The molecule has 2 unspecified atom stereocenters. The van der Waals surface area contributed by atoms with E-state index in [-0.39, 0.29) is 29.3 Å². The van der Waals surface area contributed by atoms with Crippen molar-refractivity contribution in [3.63, 3.8) is 0 Å². The van der Waals surface area contributed by atoms with E-state index < -0.39 is 51.5 Å². The number of amides is 1. The Bertz CT molecular complexity index is 1370. The van der Waals surface area contributed by atoms with Crippen LogP contribution in [0.1, 0.15) is 12.6 Å². The van der Waals surface area contributed by atoms with Crippen molar-refractivity contribution in [2.45, 2.75) is 18.1 Å². The highest BCUT2D eigenvalue weighted by Crippen LogP contribution is 2.62. The lowest BCUT2D eigenvalue weighted by Crippen LogP contribution is -2.31. The molecule has 1 aromatic carbocycles. The molecule has 2 aromatic rings. The largest absolute Gasteiger partial charge is 0.510 e. The lowest BCUT2D eigenvalue weighted by atomic mass is 10.1. The molecule has 1 aliphatic rings. The zero-order chi connectivity index (χ0) is 29.0. The molecule has 0 radical (unpaired) electrons. The van der Waals surface area contributed by atoms with Crippen LogP contribution in [0.3, 0.4) is 0 Å². The molecule has 3 atom stereocenters. The van der Waals surface area contributed by atoms with Crippen molar-refractivity contribution in [1.82, 2.24) is 10.4 Å². The fourth-order valence-electron chi connectivity index (χ4n) is 3.24. The number of benzene rings is 1. The van der Waals surface area contributed by atoms with Gasteiger partial charge in [0.05, 0.1) is 12.2 Å². The van der Waals surface area contributed by atoms with Crippen LogP contribution in [-0.4, -0.2) is 69.1 Å². The van der Waals surface area contributed by atoms with Gasteiger partial charge in [-0.15, -0.1) is 5.11 Å². The second-order valence-electron chi connectivity index (χ2n) is 7.98. The van der Waals surface area contributed by atoms with Crippen molar-refractivity contribution in [2.75, 3.05) is 25.1 Å². The fourth-order valence-corrected chi connectivity index (χ4v) is 4.60. The van der Waals surface area contributed by atoms with Crippen molar-refractivity contribution in [2.24, 2.45) is 10.2 Å². The van der Waals surface area contributed by atoms with Crippen molar-refractivity contribution >= 4 is 39.4 Å². The zero-order valence-electron chi connectivity index (χ0n) is 20.3. The first-order chi connectivity index (χ1) is 18.3. The third-order valence-electron chi connectivity index (χ3n) is 5.39. The molecule has 1 aliphatic heterocycles. The van der Waals surface area contributed by atoms with Crippen LogP contribution in [0.4, 0.5) is 19.7 Å². The summed E-state index contributed by atoms with van der Waals surface area (Å²) in [6.07, 6.45) is -2.25. The summed E-state index contributed by atoms with van der Waals surface area (Å²) in [6, 6.07) is 7.00. The minimum Gasteiger partial charge on any atom is -0.440 e. The number of hydrogen-bond donors (Lipinski definition) is 5. The Balaban J connectivity index is 1.66. The van der Waals surface area contributed by atoms with E-state index in [2.05, 4.69) is 25.4 Å². The van der Waals surface area contributed by atoms with Gasteiger partial charge in [0.15, 0.2) is 6.10 Å². The van der Waals surface area contributed by atoms with Gasteiger partial charge in [-0.2, -0.15) is 5.10 Å². The number of aromatic nitrogens is 1. The molecule has 19 heteroatoms. The van der Waals surface area contributed by atoms with Gasteiger partial charge < -0.3 is 34.3 Å². The average Bonchev–Trinajstić information content (AvgIpc) is 3.25. The molecule has 16 nitrogen and oxygen atoms in total. The lowest BCUT2D eigenvalue weighted by molar-refractivity contribution is 0.00627. The van der Waals surface area contributed by atoms with E-state index >= 15 is 0 Å². The van der Waals surface area contributed by atoms with Gasteiger partial charge in [0.25, 0.3) is 5.08 Å². The number of amidine groups is 1. The number of nitrogens with one attached hydrogen (secondary N) is 2. The number of carbonyl (C=O) groups is 2. The van der Waals surface area contributed by atoms with Gasteiger partial charge in [-0.05, 0) is 31.2 Å². The summed E-state index contributed by atoms with van der Waals surface area (Å²) >= 11 is 0. The zero-order valence-corrected chi connectivity index (χ0v) is 22.2. The first kappa shape index (κ1) is 29.8. The van der Waals surface area contributed by atoms with Crippen molar-refractivity contribution < 1.29 is 52.0 Å². The number of ether oxygens (including phenoxy) is 3. The molecule has 1 fully saturated rings. The summed E-state index contributed by atoms with van der Waals surface area (Å²) in [4.78, 5) is 57.0. The molecule has 1 saturated heterocycles. The van der Waals surface area contributed by atoms with Crippen LogP contribution >= 0.6 is 15.6 Å². The number of pyridine rings is 1. The molecule has 2 heterocycles. The van der Waals surface area contributed by atoms with Crippen LogP contribution in [0, 0.1) is 11.3 Å². The average molecular weight is 588 g/mol. The maximum atomic E-state index is 15.0. The third kappa shape index (κ3) is 6.64. The van der Waals surface area contributed by atoms with E-state index in [1.807, 2.05) is 0 Å². The number of anilines is 1. The van der Waals surface area contributed by atoms with E-state index in [4.69, 9.17) is 15.0 Å². The molecule has 1 amide bonds. The predicted octanol–water partition coefficient (Wildman–Crippen LogP) is 2.60. The topological polar surface area (TPSA) is 233 Å². The minimum absolute atomic E-state index is 0.0272. The Morgan fingerprint density at radius 3 is 2.67 bits per heavy atom. The molecule has 1 aromatic heterocycles. The molecule has 210 valence electrons. The summed E-state index contributed by atoms with van der Waals surface area (Å²) in [7, 11) is -7.85. The molecule has 5 N–H and O–H groups in total. The van der Waals surface area contributed by atoms with Gasteiger partial charge in [-0.1, -0.05) is 6.07 Å². The highest BCUT2D eigenvalue weighted by atomic mass is 31.2. The van der Waals surface area contributed by atoms with Crippen LogP contribution in [0.5, 0.6) is 0 Å². The van der Waals surface area contributed by atoms with E-state index in [0.717, 1.165) is 11.0 Å². The third-order valence-corrected chi connectivity index (χ3v) is 8.93. The number of halogens is 1. The van der Waals surface area contributed by atoms with E-state index in [0.29, 0.717) is 12.5 Å². The van der Waals surface area contributed by atoms with Crippen LogP contribution in [-0.2, 0) is 23.3 Å². The molecular weight excluding hydrogens is 565 g/mol. The van der Waals surface area contributed by atoms with Gasteiger partial charge >= 0.3 is 19.8 Å². The maximum absolute atomic E-state index is 15.0. The molecular formula is C20H23FN6O10P2. The number of rotatable bonds is 9. The molecule has 0 aliphatic carbocycles. The number of nitrogens with zero attached hydrogens (tertiary/aromatic N) is 4. The monoisotopic (exact) mass is 588 g/mol. The molecule has 0 bridgehead atoms. The Morgan fingerprint density at radius 2 is 2.13 bits per heavy atom. The Labute approximate surface area is 220 Å². The number of hydrazone groups is 1. The van der Waals surface area contributed by atoms with Crippen LogP contribution in [0.15, 0.2) is 46.7 Å². The fraction of sp³-hybridized carbons (Fsp3) is 0.300. The molecule has 0 spiro atoms. The SMILES string of the molecule is CN/N=C(\N=N)c1ccc(-c2ccc(N3C[C@H](COC(=O)OC(C)([PH](=O)O)P(=O)(O)O)OC3=O)cc2F)cn1. The van der Waals surface area contributed by atoms with Gasteiger partial charge in [0, 0.05) is 24.4 Å². The van der Waals surface area contributed by atoms with Crippen LogP contribution in [0.2, 0.25) is 0 Å². The number of cyclic esters (lactones) is 1. The Hall–Kier alpha value is -3.75. The predicted molar refractivity (Wildman–Crippen MR) is 132 cm³/mol. The van der Waals surface area contributed by atoms with Gasteiger partial charge in [0.2, 0.25) is 13.9 Å². The summed E-state index contributed by atoms with van der Waals surface area (Å²) in [6.45, 7) is -0.219. The second-order valence-corrected chi connectivity index (χ2v) is 11.9. The molecule has 3 rings (SSSR count). The number of carbonyl (C=O) groups excluding carboxylic acids is 2. The maximum Gasteiger partial charge on any atom is 0.510 e. The second kappa shape index (κ2) is 12.0. The van der Waals surface area contributed by atoms with Crippen molar-refractivity contribution in [3.8, 4) is 11.1 Å². The summed E-state index contributed by atoms with van der Waals surface area (Å²) in [5.41, 5.74) is 10.6. The number of hydrogen-bond acceptors (Lipinski definition) is 11. The van der Waals surface area contributed by atoms with Crippen molar-refractivity contribution in [3.05, 3.63) is 48.0 Å². The van der Waals surface area contributed by atoms with Gasteiger partial charge in [-0.3, -0.25) is 19.0 Å². The molecule has 0 saturated carbocycles. The standard InChI is InChI=1S/C20H23FN6O10P2/c1-20(38(30)31,39(32,33)34)37-19(29)35-10-13-9-27(18(28)36-13)12-4-5-14(15(21)7-12)11-3-6-16(24-8-11)17(25-22)26-23-2/h3-8,13,22-23,38H,9-10H2,1-2H3,(H,30,31)(H2,32,33,34)/b25-22?,26-17-/t13-,20?/m1/s1. The smallest absolute Gasteiger partial charge is 0.440 e. The normalized spacial score (nSPS) is 18.1. The van der Waals surface area contributed by atoms with Crippen LogP contribution < -0.4 is 10.3 Å². The Morgan fingerprint density at radius 1 is 1.41 bits per heavy atom. The van der Waals surface area contributed by atoms with E-state index in [1.54, 1.807) is 6.07 Å². The summed E-state index contributed by atoms with van der Waals surface area (Å²) in [5, 5.41) is 4.05. The minimum atomic E-state index is -5.34. The highest BCUT2D eigenvalue weighted by molar-refractivity contribution is 7.66.